The summed E-state index contributed by atoms with van der Waals surface area (Å²) in [4.78, 5) is 0. The van der Waals surface area contributed by atoms with Crippen molar-refractivity contribution in [1.29, 1.82) is 0 Å². The Bertz CT molecular complexity index is 218. The number of nitrogens with one attached hydrogen (secondary N) is 1. The molecule has 1 heterocycles. The van der Waals surface area contributed by atoms with E-state index in [1.54, 1.807) is 6.92 Å². The predicted molar refractivity (Wildman–Crippen MR) is 59.2 cm³/mol. The summed E-state index contributed by atoms with van der Waals surface area (Å²) in [7, 11) is 0. The van der Waals surface area contributed by atoms with Crippen molar-refractivity contribution in [3.63, 3.8) is 0 Å². The molecular weight excluding hydrogens is 215 g/mol. The highest BCUT2D eigenvalue weighted by molar-refractivity contribution is 4.96. The molecule has 0 aromatic rings. The van der Waals surface area contributed by atoms with Crippen molar-refractivity contribution >= 4 is 0 Å². The van der Waals surface area contributed by atoms with Gasteiger partial charge in [0.25, 0.3) is 0 Å². The van der Waals surface area contributed by atoms with Crippen LogP contribution in [-0.4, -0.2) is 18.3 Å². The van der Waals surface area contributed by atoms with Gasteiger partial charge in [0.1, 0.15) is 0 Å². The SMILES string of the molecule is CC1CC(C(F)(F)F)C(C)C(C(C)(C)C)N1. The average molecular weight is 237 g/mol. The molecule has 16 heavy (non-hydrogen) atoms. The van der Waals surface area contributed by atoms with Crippen molar-refractivity contribution in [2.75, 3.05) is 0 Å². The number of alkyl halides is 3. The summed E-state index contributed by atoms with van der Waals surface area (Å²) in [6, 6.07) is -0.144. The third-order valence-electron chi connectivity index (χ3n) is 3.59. The van der Waals surface area contributed by atoms with Crippen LogP contribution >= 0.6 is 0 Å². The van der Waals surface area contributed by atoms with Crippen LogP contribution in [0.2, 0.25) is 0 Å². The molecule has 0 amide bonds. The Hall–Kier alpha value is -0.250. The van der Waals surface area contributed by atoms with Crippen molar-refractivity contribution in [3.05, 3.63) is 0 Å². The number of piperidine rings is 1. The molecule has 0 aliphatic carbocycles. The minimum Gasteiger partial charge on any atom is -0.311 e. The maximum absolute atomic E-state index is 12.9. The molecule has 1 fully saturated rings. The van der Waals surface area contributed by atoms with Crippen LogP contribution < -0.4 is 5.32 Å². The molecule has 1 aliphatic heterocycles. The van der Waals surface area contributed by atoms with Gasteiger partial charge in [0, 0.05) is 12.1 Å². The molecule has 0 aromatic carbocycles. The van der Waals surface area contributed by atoms with E-state index in [0.717, 1.165) is 0 Å². The number of rotatable bonds is 0. The standard InChI is InChI=1S/C12H22F3N/c1-7-6-9(12(13,14)15)8(2)10(16-7)11(3,4)5/h7-10,16H,6H2,1-5H3. The molecule has 4 unspecified atom stereocenters. The molecule has 1 saturated heterocycles. The lowest BCUT2D eigenvalue weighted by molar-refractivity contribution is -0.203. The number of hydrogen-bond donors (Lipinski definition) is 1. The zero-order valence-electron chi connectivity index (χ0n) is 10.7. The molecule has 0 saturated carbocycles. The molecule has 0 spiro atoms. The summed E-state index contributed by atoms with van der Waals surface area (Å²) in [6.07, 6.45) is -3.88. The van der Waals surface area contributed by atoms with Gasteiger partial charge in [0.05, 0.1) is 5.92 Å². The van der Waals surface area contributed by atoms with Crippen LogP contribution in [0.5, 0.6) is 0 Å². The van der Waals surface area contributed by atoms with Crippen molar-refractivity contribution in [3.8, 4) is 0 Å². The van der Waals surface area contributed by atoms with Gasteiger partial charge >= 0.3 is 6.18 Å². The highest BCUT2D eigenvalue weighted by Crippen LogP contribution is 2.43. The molecular formula is C12H22F3N. The van der Waals surface area contributed by atoms with E-state index in [4.69, 9.17) is 0 Å². The summed E-state index contributed by atoms with van der Waals surface area (Å²) < 4.78 is 38.7. The first-order valence-corrected chi connectivity index (χ1v) is 5.86. The lowest BCUT2D eigenvalue weighted by Crippen LogP contribution is -2.57. The summed E-state index contributed by atoms with van der Waals surface area (Å²) >= 11 is 0. The fraction of sp³-hybridized carbons (Fsp3) is 1.00. The quantitative estimate of drug-likeness (QED) is 0.678. The van der Waals surface area contributed by atoms with E-state index in [2.05, 4.69) is 5.32 Å². The summed E-state index contributed by atoms with van der Waals surface area (Å²) in [5.74, 6) is -1.54. The molecule has 1 nitrogen and oxygen atoms in total. The van der Waals surface area contributed by atoms with Crippen LogP contribution in [0.4, 0.5) is 13.2 Å². The molecule has 0 radical (unpaired) electrons. The fourth-order valence-electron chi connectivity index (χ4n) is 2.82. The molecule has 0 aromatic heterocycles. The predicted octanol–water partition coefficient (Wildman–Crippen LogP) is 3.60. The Kier molecular flexibility index (Phi) is 3.63. The molecule has 4 atom stereocenters. The zero-order chi connectivity index (χ0) is 12.7. The van der Waals surface area contributed by atoms with Crippen LogP contribution in [0, 0.1) is 17.3 Å². The van der Waals surface area contributed by atoms with E-state index in [9.17, 15) is 13.2 Å². The maximum atomic E-state index is 12.9. The van der Waals surface area contributed by atoms with Gasteiger partial charge in [-0.25, -0.2) is 0 Å². The van der Waals surface area contributed by atoms with Gasteiger partial charge < -0.3 is 5.32 Å². The topological polar surface area (TPSA) is 12.0 Å². The molecule has 0 bridgehead atoms. The fourth-order valence-corrected chi connectivity index (χ4v) is 2.82. The van der Waals surface area contributed by atoms with Crippen molar-refractivity contribution in [1.82, 2.24) is 5.32 Å². The van der Waals surface area contributed by atoms with Gasteiger partial charge in [-0.3, -0.25) is 0 Å². The van der Waals surface area contributed by atoms with E-state index in [-0.39, 0.29) is 29.8 Å². The lowest BCUT2D eigenvalue weighted by atomic mass is 9.70. The highest BCUT2D eigenvalue weighted by Gasteiger charge is 2.50. The van der Waals surface area contributed by atoms with Crippen LogP contribution in [-0.2, 0) is 0 Å². The lowest BCUT2D eigenvalue weighted by Gasteiger charge is -2.46. The Morgan fingerprint density at radius 1 is 1.06 bits per heavy atom. The largest absolute Gasteiger partial charge is 0.392 e. The molecule has 4 heteroatoms. The minimum absolute atomic E-state index is 0.0629. The minimum atomic E-state index is -4.07. The van der Waals surface area contributed by atoms with Crippen LogP contribution in [0.15, 0.2) is 0 Å². The Morgan fingerprint density at radius 3 is 1.94 bits per heavy atom. The van der Waals surface area contributed by atoms with Gasteiger partial charge in [0.15, 0.2) is 0 Å². The maximum Gasteiger partial charge on any atom is 0.392 e. The third kappa shape index (κ3) is 2.90. The van der Waals surface area contributed by atoms with Crippen LogP contribution in [0.25, 0.3) is 0 Å². The van der Waals surface area contributed by atoms with Crippen LogP contribution in [0.1, 0.15) is 41.0 Å². The normalized spacial score (nSPS) is 37.5. The van der Waals surface area contributed by atoms with Crippen molar-refractivity contribution in [2.45, 2.75) is 59.3 Å². The third-order valence-corrected chi connectivity index (χ3v) is 3.59. The van der Waals surface area contributed by atoms with E-state index in [1.165, 1.54) is 0 Å². The first-order valence-electron chi connectivity index (χ1n) is 5.86. The molecule has 1 N–H and O–H groups in total. The molecule has 1 rings (SSSR count). The van der Waals surface area contributed by atoms with E-state index < -0.39 is 12.1 Å². The second-order valence-electron chi connectivity index (χ2n) is 6.15. The summed E-state index contributed by atoms with van der Waals surface area (Å²) in [5, 5.41) is 3.31. The second-order valence-corrected chi connectivity index (χ2v) is 6.15. The second kappa shape index (κ2) is 4.21. The summed E-state index contributed by atoms with van der Waals surface area (Å²) in [5.41, 5.74) is -0.141. The molecule has 96 valence electrons. The van der Waals surface area contributed by atoms with Gasteiger partial charge in [-0.1, -0.05) is 27.7 Å². The summed E-state index contributed by atoms with van der Waals surface area (Å²) in [6.45, 7) is 9.53. The van der Waals surface area contributed by atoms with Gasteiger partial charge in [-0.2, -0.15) is 13.2 Å². The van der Waals surface area contributed by atoms with Crippen molar-refractivity contribution < 1.29 is 13.2 Å². The Labute approximate surface area is 95.8 Å². The first kappa shape index (κ1) is 13.8. The van der Waals surface area contributed by atoms with E-state index in [1.807, 2.05) is 27.7 Å². The molecule has 1 aliphatic rings. The average Bonchev–Trinajstić information content (AvgIpc) is 2.04. The van der Waals surface area contributed by atoms with E-state index in [0.29, 0.717) is 0 Å². The van der Waals surface area contributed by atoms with Gasteiger partial charge in [-0.05, 0) is 24.7 Å². The smallest absolute Gasteiger partial charge is 0.311 e. The van der Waals surface area contributed by atoms with Gasteiger partial charge in [0.2, 0.25) is 0 Å². The van der Waals surface area contributed by atoms with Crippen LogP contribution in [0.3, 0.4) is 0 Å². The monoisotopic (exact) mass is 237 g/mol. The van der Waals surface area contributed by atoms with E-state index >= 15 is 0 Å². The number of hydrogen-bond acceptors (Lipinski definition) is 1. The Balaban J connectivity index is 2.91. The van der Waals surface area contributed by atoms with Crippen molar-refractivity contribution in [2.24, 2.45) is 17.3 Å². The first-order chi connectivity index (χ1) is 7.03. The Morgan fingerprint density at radius 2 is 1.56 bits per heavy atom. The number of halogens is 3. The van der Waals surface area contributed by atoms with Gasteiger partial charge in [-0.15, -0.1) is 0 Å². The highest BCUT2D eigenvalue weighted by atomic mass is 19.4. The zero-order valence-corrected chi connectivity index (χ0v) is 10.7.